The Hall–Kier alpha value is -0.830. The molecular weight excluding hydrogens is 150 g/mol. The Labute approximate surface area is 73.4 Å². The zero-order valence-corrected chi connectivity index (χ0v) is 7.75. The van der Waals surface area contributed by atoms with E-state index >= 15 is 0 Å². The fraction of sp³-hybridized carbons (Fsp3) is 0.667. The summed E-state index contributed by atoms with van der Waals surface area (Å²) in [5.74, 6) is 1.61. The van der Waals surface area contributed by atoms with E-state index in [0.717, 1.165) is 18.7 Å². The highest BCUT2D eigenvalue weighted by atomic mass is 14.9. The molecule has 0 saturated heterocycles. The highest BCUT2D eigenvalue weighted by Crippen LogP contribution is 2.14. The van der Waals surface area contributed by atoms with Gasteiger partial charge in [0.25, 0.3) is 0 Å². The van der Waals surface area contributed by atoms with Crippen molar-refractivity contribution < 1.29 is 0 Å². The van der Waals surface area contributed by atoms with Gasteiger partial charge in [0, 0.05) is 12.4 Å². The summed E-state index contributed by atoms with van der Waals surface area (Å²) in [7, 11) is 0. The molecule has 0 aromatic carbocycles. The number of aromatic nitrogens is 2. The van der Waals surface area contributed by atoms with Gasteiger partial charge in [-0.05, 0) is 18.8 Å². The second-order valence-electron chi connectivity index (χ2n) is 3.55. The molecule has 12 heavy (non-hydrogen) atoms. The summed E-state index contributed by atoms with van der Waals surface area (Å²) in [6, 6.07) is 0.0717. The fourth-order valence-electron chi connectivity index (χ4n) is 1.13. The number of hydrogen-bond donors (Lipinski definition) is 2. The second kappa shape index (κ2) is 4.26. The molecule has 1 heterocycles. The molecule has 1 aromatic heterocycles. The molecule has 0 bridgehead atoms. The molecule has 3 nitrogen and oxygen atoms in total. The molecule has 0 saturated carbocycles. The van der Waals surface area contributed by atoms with Crippen LogP contribution in [0.1, 0.15) is 38.6 Å². The molecule has 68 valence electrons. The zero-order chi connectivity index (χ0) is 8.97. The molecule has 1 unspecified atom stereocenters. The van der Waals surface area contributed by atoms with Gasteiger partial charge in [-0.1, -0.05) is 13.8 Å². The fourth-order valence-corrected chi connectivity index (χ4v) is 1.13. The van der Waals surface area contributed by atoms with Crippen molar-refractivity contribution >= 4 is 0 Å². The van der Waals surface area contributed by atoms with Crippen LogP contribution >= 0.6 is 0 Å². The highest BCUT2D eigenvalue weighted by Gasteiger charge is 2.08. The van der Waals surface area contributed by atoms with Crippen LogP contribution in [0.15, 0.2) is 12.4 Å². The molecule has 1 aromatic rings. The third-order valence-electron chi connectivity index (χ3n) is 1.93. The highest BCUT2D eigenvalue weighted by molar-refractivity contribution is 4.93. The predicted molar refractivity (Wildman–Crippen MR) is 49.6 cm³/mol. The summed E-state index contributed by atoms with van der Waals surface area (Å²) in [5, 5.41) is 0. The lowest BCUT2D eigenvalue weighted by Crippen LogP contribution is -2.12. The molecule has 0 amide bonds. The first-order chi connectivity index (χ1) is 5.70. The van der Waals surface area contributed by atoms with Gasteiger partial charge in [-0.15, -0.1) is 0 Å². The van der Waals surface area contributed by atoms with Crippen molar-refractivity contribution in [2.45, 2.75) is 32.7 Å². The molecule has 3 heteroatoms. The monoisotopic (exact) mass is 167 g/mol. The Morgan fingerprint density at radius 1 is 1.50 bits per heavy atom. The number of rotatable bonds is 4. The minimum atomic E-state index is 0.0717. The first-order valence-electron chi connectivity index (χ1n) is 4.45. The van der Waals surface area contributed by atoms with Crippen LogP contribution in [0.4, 0.5) is 0 Å². The van der Waals surface area contributed by atoms with Gasteiger partial charge < -0.3 is 10.7 Å². The Kier molecular flexibility index (Phi) is 3.29. The molecule has 3 N–H and O–H groups in total. The standard InChI is InChI=1S/C9H17N3/c1-7(2)3-4-8(10)9-11-5-6-12-9/h5-8H,3-4,10H2,1-2H3,(H,11,12). The Morgan fingerprint density at radius 3 is 2.75 bits per heavy atom. The molecule has 0 aliphatic rings. The third-order valence-corrected chi connectivity index (χ3v) is 1.93. The van der Waals surface area contributed by atoms with Crippen molar-refractivity contribution in [3.63, 3.8) is 0 Å². The number of H-pyrrole nitrogens is 1. The predicted octanol–water partition coefficient (Wildman–Crippen LogP) is 1.85. The van der Waals surface area contributed by atoms with E-state index in [1.807, 2.05) is 6.20 Å². The Morgan fingerprint density at radius 2 is 2.25 bits per heavy atom. The number of aromatic amines is 1. The van der Waals surface area contributed by atoms with Gasteiger partial charge in [-0.25, -0.2) is 4.98 Å². The Bertz CT molecular complexity index is 204. The lowest BCUT2D eigenvalue weighted by Gasteiger charge is -2.09. The molecule has 0 spiro atoms. The summed E-state index contributed by atoms with van der Waals surface area (Å²) in [6.45, 7) is 4.41. The van der Waals surface area contributed by atoms with Gasteiger partial charge >= 0.3 is 0 Å². The van der Waals surface area contributed by atoms with Crippen molar-refractivity contribution in [1.29, 1.82) is 0 Å². The molecule has 0 aliphatic carbocycles. The summed E-state index contributed by atoms with van der Waals surface area (Å²) in [4.78, 5) is 7.14. The van der Waals surface area contributed by atoms with Crippen molar-refractivity contribution in [2.75, 3.05) is 0 Å². The quantitative estimate of drug-likeness (QED) is 0.719. The van der Waals surface area contributed by atoms with Crippen LogP contribution in [0, 0.1) is 5.92 Å². The molecule has 0 fully saturated rings. The van der Waals surface area contributed by atoms with E-state index in [1.165, 1.54) is 0 Å². The average Bonchev–Trinajstić information content (AvgIpc) is 2.51. The second-order valence-corrected chi connectivity index (χ2v) is 3.55. The van der Waals surface area contributed by atoms with Gasteiger partial charge in [-0.2, -0.15) is 0 Å². The summed E-state index contributed by atoms with van der Waals surface area (Å²) < 4.78 is 0. The maximum atomic E-state index is 5.89. The maximum absolute atomic E-state index is 5.89. The van der Waals surface area contributed by atoms with E-state index in [0.29, 0.717) is 5.92 Å². The van der Waals surface area contributed by atoms with E-state index in [-0.39, 0.29) is 6.04 Å². The van der Waals surface area contributed by atoms with Gasteiger partial charge in [0.1, 0.15) is 5.82 Å². The molecule has 0 aliphatic heterocycles. The molecule has 1 rings (SSSR count). The van der Waals surface area contributed by atoms with E-state index in [9.17, 15) is 0 Å². The number of nitrogens with zero attached hydrogens (tertiary/aromatic N) is 1. The first kappa shape index (κ1) is 9.26. The van der Waals surface area contributed by atoms with E-state index in [4.69, 9.17) is 5.73 Å². The van der Waals surface area contributed by atoms with Gasteiger partial charge in [0.05, 0.1) is 6.04 Å². The summed E-state index contributed by atoms with van der Waals surface area (Å²) >= 11 is 0. The van der Waals surface area contributed by atoms with Gasteiger partial charge in [0.2, 0.25) is 0 Å². The SMILES string of the molecule is CC(C)CCC(N)c1ncc[nH]1. The number of imidazole rings is 1. The minimum absolute atomic E-state index is 0.0717. The van der Waals surface area contributed by atoms with E-state index in [1.54, 1.807) is 6.20 Å². The number of nitrogens with two attached hydrogens (primary N) is 1. The van der Waals surface area contributed by atoms with Crippen molar-refractivity contribution in [2.24, 2.45) is 11.7 Å². The lowest BCUT2D eigenvalue weighted by atomic mass is 10.0. The summed E-state index contributed by atoms with van der Waals surface area (Å²) in [6.07, 6.45) is 5.71. The van der Waals surface area contributed by atoms with Crippen LogP contribution < -0.4 is 5.73 Å². The summed E-state index contributed by atoms with van der Waals surface area (Å²) in [5.41, 5.74) is 5.89. The first-order valence-corrected chi connectivity index (χ1v) is 4.45. The minimum Gasteiger partial charge on any atom is -0.347 e. The lowest BCUT2D eigenvalue weighted by molar-refractivity contribution is 0.497. The number of hydrogen-bond acceptors (Lipinski definition) is 2. The van der Waals surface area contributed by atoms with Crippen LogP contribution in [-0.4, -0.2) is 9.97 Å². The topological polar surface area (TPSA) is 54.7 Å². The smallest absolute Gasteiger partial charge is 0.123 e. The molecular formula is C9H17N3. The van der Waals surface area contributed by atoms with Gasteiger partial charge in [-0.3, -0.25) is 0 Å². The van der Waals surface area contributed by atoms with Crippen LogP contribution in [0.3, 0.4) is 0 Å². The average molecular weight is 167 g/mol. The molecule has 0 radical (unpaired) electrons. The van der Waals surface area contributed by atoms with Crippen molar-refractivity contribution in [3.8, 4) is 0 Å². The van der Waals surface area contributed by atoms with E-state index in [2.05, 4.69) is 23.8 Å². The molecule has 1 atom stereocenters. The van der Waals surface area contributed by atoms with Crippen LogP contribution in [-0.2, 0) is 0 Å². The van der Waals surface area contributed by atoms with Crippen molar-refractivity contribution in [3.05, 3.63) is 18.2 Å². The van der Waals surface area contributed by atoms with Crippen LogP contribution in [0.2, 0.25) is 0 Å². The largest absolute Gasteiger partial charge is 0.347 e. The third kappa shape index (κ3) is 2.66. The van der Waals surface area contributed by atoms with Crippen molar-refractivity contribution in [1.82, 2.24) is 9.97 Å². The van der Waals surface area contributed by atoms with Crippen LogP contribution in [0.5, 0.6) is 0 Å². The number of nitrogens with one attached hydrogen (secondary N) is 1. The Balaban J connectivity index is 2.34. The van der Waals surface area contributed by atoms with E-state index < -0.39 is 0 Å². The zero-order valence-electron chi connectivity index (χ0n) is 7.75. The van der Waals surface area contributed by atoms with Crippen LogP contribution in [0.25, 0.3) is 0 Å². The normalized spacial score (nSPS) is 13.7. The maximum Gasteiger partial charge on any atom is 0.123 e. The van der Waals surface area contributed by atoms with Gasteiger partial charge in [0.15, 0.2) is 0 Å².